The van der Waals surface area contributed by atoms with E-state index in [1.54, 1.807) is 44.2 Å². The first-order chi connectivity index (χ1) is 33.7. The molecule has 23 nitrogen and oxygen atoms in total. The molecule has 0 bridgehead atoms. The summed E-state index contributed by atoms with van der Waals surface area (Å²) in [6, 6.07) is 7.86. The van der Waals surface area contributed by atoms with E-state index in [0.29, 0.717) is 63.0 Å². The van der Waals surface area contributed by atoms with E-state index < -0.39 is 78.1 Å². The first-order valence-corrected chi connectivity index (χ1v) is 24.1. The molecule has 4 unspecified atom stereocenters. The minimum Gasteiger partial charge on any atom is -0.502 e. The topological polar surface area (TPSA) is 388 Å². The average Bonchev–Trinajstić information content (AvgIpc) is 3.33. The number of aryl methyl sites for hydroxylation is 1. The Labute approximate surface area is 418 Å². The number of unbranched alkanes of at least 4 members (excludes halogenated alkanes) is 3. The zero-order valence-corrected chi connectivity index (χ0v) is 42.7. The van der Waals surface area contributed by atoms with Crippen molar-refractivity contribution in [3.63, 3.8) is 0 Å². The molecule has 0 saturated heterocycles. The predicted octanol–water partition coefficient (Wildman–Crippen LogP) is 1.81. The molecule has 4 atom stereocenters. The Hall–Kier alpha value is -6.88. The number of nitro groups is 1. The quantitative estimate of drug-likeness (QED) is 0.0251. The molecule has 2 aromatic carbocycles. The molecule has 0 radical (unpaired) electrons. The van der Waals surface area contributed by atoms with Crippen molar-refractivity contribution in [3.8, 4) is 5.75 Å². The van der Waals surface area contributed by atoms with Gasteiger partial charge >= 0.3 is 5.69 Å². The lowest BCUT2D eigenvalue weighted by molar-refractivity contribution is -0.385. The lowest BCUT2D eigenvalue weighted by Crippen LogP contribution is -2.54. The van der Waals surface area contributed by atoms with E-state index in [1.165, 1.54) is 25.0 Å². The van der Waals surface area contributed by atoms with E-state index in [4.69, 9.17) is 28.0 Å². The van der Waals surface area contributed by atoms with Crippen molar-refractivity contribution < 1.29 is 48.4 Å². The van der Waals surface area contributed by atoms with Crippen LogP contribution in [0.2, 0.25) is 0 Å². The van der Waals surface area contributed by atoms with Crippen LogP contribution in [0.5, 0.6) is 5.75 Å². The number of aromatic hydroxyl groups is 1. The smallest absolute Gasteiger partial charge is 0.310 e. The first-order valence-electron chi connectivity index (χ1n) is 24.1. The number of anilines is 1. The summed E-state index contributed by atoms with van der Waals surface area (Å²) in [5.41, 5.74) is 23.5. The number of amides is 8. The monoisotopic (exact) mass is 1000 g/mol. The van der Waals surface area contributed by atoms with Gasteiger partial charge in [-0.05, 0) is 88.1 Å². The number of nitrogens with two attached hydrogens (primary N) is 4. The van der Waals surface area contributed by atoms with Gasteiger partial charge in [0.2, 0.25) is 41.4 Å². The second-order valence-electron chi connectivity index (χ2n) is 16.5. The fourth-order valence-corrected chi connectivity index (χ4v) is 5.86. The van der Waals surface area contributed by atoms with E-state index in [9.17, 15) is 48.5 Å². The number of nitro benzene ring substituents is 1. The molecule has 8 amide bonds. The molecule has 0 aliphatic heterocycles. The number of phenolic OH excluding ortho intramolecular Hbond substituents is 1. The van der Waals surface area contributed by atoms with Gasteiger partial charge in [0, 0.05) is 31.3 Å². The molecule has 0 fully saturated rings. The van der Waals surface area contributed by atoms with Crippen LogP contribution in [0.3, 0.4) is 0 Å². The van der Waals surface area contributed by atoms with E-state index in [0.717, 1.165) is 12.0 Å². The number of carbonyl (C=O) groups excluding carboxylic acids is 8. The second-order valence-corrected chi connectivity index (χ2v) is 16.5. The van der Waals surface area contributed by atoms with Crippen LogP contribution in [-0.4, -0.2) is 115 Å². The third-order valence-electron chi connectivity index (χ3n) is 9.77. The van der Waals surface area contributed by atoms with Gasteiger partial charge in [0.25, 0.3) is 5.91 Å². The van der Waals surface area contributed by atoms with E-state index >= 15 is 0 Å². The largest absolute Gasteiger partial charge is 0.502 e. The van der Waals surface area contributed by atoms with Crippen LogP contribution >= 0.6 is 0 Å². The highest BCUT2D eigenvalue weighted by Crippen LogP contribution is 2.25. The van der Waals surface area contributed by atoms with Gasteiger partial charge in [0.1, 0.15) is 18.1 Å². The van der Waals surface area contributed by atoms with Crippen LogP contribution in [-0.2, 0) is 33.6 Å². The zero-order chi connectivity index (χ0) is 54.3. The Kier molecular flexibility index (Phi) is 37.2. The minimum atomic E-state index is -1.18. The van der Waals surface area contributed by atoms with Gasteiger partial charge in [0.15, 0.2) is 5.75 Å². The van der Waals surface area contributed by atoms with Gasteiger partial charge in [-0.1, -0.05) is 79.0 Å². The summed E-state index contributed by atoms with van der Waals surface area (Å²) in [5, 5.41) is 37.1. The summed E-state index contributed by atoms with van der Waals surface area (Å²) in [4.78, 5) is 109. The van der Waals surface area contributed by atoms with Crippen molar-refractivity contribution in [2.45, 2.75) is 137 Å². The normalized spacial score (nSPS) is 11.8. The maximum absolute atomic E-state index is 13.0. The number of nitrogens with zero attached hydrogens (tertiary/aromatic N) is 1. The van der Waals surface area contributed by atoms with Crippen molar-refractivity contribution in [1.82, 2.24) is 37.2 Å². The Morgan fingerprint density at radius 3 is 1.73 bits per heavy atom. The summed E-state index contributed by atoms with van der Waals surface area (Å²) in [7, 11) is 0. The van der Waals surface area contributed by atoms with Crippen LogP contribution < -0.4 is 60.2 Å². The van der Waals surface area contributed by atoms with Gasteiger partial charge in [-0.15, -0.1) is 0 Å². The minimum absolute atomic E-state index is 0.0838. The number of phenols is 1. The fourth-order valence-electron chi connectivity index (χ4n) is 5.86. The third-order valence-corrected chi connectivity index (χ3v) is 9.77. The number of nitrogens with one attached hydrogen (secondary N) is 7. The molecule has 400 valence electrons. The summed E-state index contributed by atoms with van der Waals surface area (Å²) in [5.74, 6) is -5.26. The highest BCUT2D eigenvalue weighted by Gasteiger charge is 2.26. The van der Waals surface area contributed by atoms with Gasteiger partial charge in [0.05, 0.1) is 30.1 Å². The average molecular weight is 1000 g/mol. The number of primary amides is 1. The van der Waals surface area contributed by atoms with Gasteiger partial charge in [-0.2, -0.15) is 0 Å². The molecule has 0 heterocycles. The SMILES string of the molecule is CCC.CCC.CCC(C)C(NC(=O)CNC(=O)C(CCCCN)NC(=O)CNC(=O)C(CCC(=O)NCCCCCNC(=O)c1ccccc1N)NC(=O)CN)C(N)=O.Cc1ccc(O)c([N+](=O)[O-])c1. The highest BCUT2D eigenvalue weighted by molar-refractivity contribution is 5.99. The molecule has 0 aromatic heterocycles. The number of para-hydroxylation sites is 1. The zero-order valence-electron chi connectivity index (χ0n) is 42.7. The van der Waals surface area contributed by atoms with Crippen LogP contribution in [0.15, 0.2) is 42.5 Å². The molecule has 23 heteroatoms. The third kappa shape index (κ3) is 31.1. The van der Waals surface area contributed by atoms with Crippen molar-refractivity contribution in [2.24, 2.45) is 23.1 Å². The highest BCUT2D eigenvalue weighted by atomic mass is 16.6. The fraction of sp³-hybridized carbons (Fsp3) is 0.583. The van der Waals surface area contributed by atoms with Crippen molar-refractivity contribution in [1.29, 1.82) is 0 Å². The number of hydrogen-bond acceptors (Lipinski definition) is 14. The van der Waals surface area contributed by atoms with Crippen LogP contribution in [0.4, 0.5) is 11.4 Å². The van der Waals surface area contributed by atoms with Gasteiger partial charge < -0.3 is 65.3 Å². The number of nitrogen functional groups attached to an aromatic ring is 1. The molecule has 16 N–H and O–H groups in total. The van der Waals surface area contributed by atoms with Crippen molar-refractivity contribution in [2.75, 3.05) is 45.0 Å². The molecular formula is C48H82N12O11. The summed E-state index contributed by atoms with van der Waals surface area (Å²) in [6.07, 6.45) is 6.17. The summed E-state index contributed by atoms with van der Waals surface area (Å²) >= 11 is 0. The lowest BCUT2D eigenvalue weighted by atomic mass is 9.98. The second kappa shape index (κ2) is 39.9. The molecule has 2 aromatic rings. The molecule has 71 heavy (non-hydrogen) atoms. The molecule has 0 aliphatic rings. The molecule has 0 spiro atoms. The standard InChI is InChI=1S/C35H59N11O8.C7H7NO3.2C3H8/c1-3-22(2)31(32(39)51)46-30(50)21-43-34(53)25(13-7-8-16-36)45-29(49)20-42-35(54)26(44-28(48)19-37)14-15-27(47)40-17-9-4-10-18-41-33(52)23-11-5-6-12-24(23)38;1-5-2-3-7(9)6(4-5)8(10)11;2*1-3-2/h5-6,11-12,22,25-26,31H,3-4,7-10,13-21,36-38H2,1-2H3,(H2,39,51)(H,40,47)(H,41,52)(H,42,54)(H,43,53)(H,44,48)(H,45,49)(H,46,50);2-4,9H,1H3;2*3H2,1-2H3. The van der Waals surface area contributed by atoms with E-state index in [1.807, 2.05) is 6.92 Å². The molecule has 2 rings (SSSR count). The Bertz CT molecular complexity index is 1950. The Morgan fingerprint density at radius 2 is 1.23 bits per heavy atom. The summed E-state index contributed by atoms with van der Waals surface area (Å²) < 4.78 is 0. The number of benzene rings is 2. The number of carbonyl (C=O) groups is 8. The van der Waals surface area contributed by atoms with E-state index in [-0.39, 0.29) is 48.4 Å². The lowest BCUT2D eigenvalue weighted by Gasteiger charge is -2.22. The van der Waals surface area contributed by atoms with Crippen LogP contribution in [0.1, 0.15) is 128 Å². The maximum atomic E-state index is 13.0. The van der Waals surface area contributed by atoms with Crippen molar-refractivity contribution in [3.05, 3.63) is 63.7 Å². The first kappa shape index (κ1) is 66.2. The van der Waals surface area contributed by atoms with E-state index in [2.05, 4.69) is 64.9 Å². The number of rotatable bonds is 28. The Balaban J connectivity index is 0. The van der Waals surface area contributed by atoms with Gasteiger partial charge in [-0.3, -0.25) is 48.5 Å². The summed E-state index contributed by atoms with van der Waals surface area (Å²) in [6.45, 7) is 13.5. The predicted molar refractivity (Wildman–Crippen MR) is 273 cm³/mol. The Morgan fingerprint density at radius 1 is 0.690 bits per heavy atom. The van der Waals surface area contributed by atoms with Crippen LogP contribution in [0.25, 0.3) is 0 Å². The molecule has 0 saturated carbocycles. The maximum Gasteiger partial charge on any atom is 0.310 e. The van der Waals surface area contributed by atoms with Crippen LogP contribution in [0, 0.1) is 23.0 Å². The molecular weight excluding hydrogens is 921 g/mol. The van der Waals surface area contributed by atoms with Crippen molar-refractivity contribution >= 4 is 58.6 Å². The number of hydrogen-bond donors (Lipinski definition) is 12. The van der Waals surface area contributed by atoms with Gasteiger partial charge in [-0.25, -0.2) is 0 Å². The molecule has 0 aliphatic carbocycles.